The summed E-state index contributed by atoms with van der Waals surface area (Å²) in [6.45, 7) is 1.82. The second-order valence-corrected chi connectivity index (χ2v) is 7.91. The number of ketones is 1. The van der Waals surface area contributed by atoms with Crippen molar-refractivity contribution in [1.29, 1.82) is 0 Å². The Balaban J connectivity index is 1.43. The maximum atomic E-state index is 12.8. The Morgan fingerprint density at radius 3 is 2.56 bits per heavy atom. The third-order valence-corrected chi connectivity index (χ3v) is 5.78. The van der Waals surface area contributed by atoms with Crippen molar-refractivity contribution in [2.24, 2.45) is 0 Å². The van der Waals surface area contributed by atoms with Crippen molar-refractivity contribution < 1.29 is 28.5 Å². The molecule has 2 aliphatic rings. The maximum absolute atomic E-state index is 12.8. The molecule has 0 N–H and O–H groups in total. The summed E-state index contributed by atoms with van der Waals surface area (Å²) in [6.07, 6.45) is 1.50. The number of hydrogen-bond acceptors (Lipinski definition) is 6. The number of esters is 1. The summed E-state index contributed by atoms with van der Waals surface area (Å²) in [5.41, 5.74) is 1.66. The van der Waals surface area contributed by atoms with Crippen LogP contribution in [0, 0.1) is 6.92 Å². The number of allylic oxidation sites excluding steroid dienone is 1. The molecular formula is C24H14Cl2O6. The standard InChI is InChI=1S/C24H14Cl2O6/c1-12-18(32-24(28)13-5-7-19-20(9-13)30-11-29-19)8-6-14-22(27)21(31-23(12)14)10-15-16(25)3-2-4-17(15)26/h2-10H,11H2,1H3/b21-10-. The molecule has 0 atom stereocenters. The van der Waals surface area contributed by atoms with Crippen molar-refractivity contribution >= 4 is 41.0 Å². The van der Waals surface area contributed by atoms with Gasteiger partial charge in [0.2, 0.25) is 12.6 Å². The van der Waals surface area contributed by atoms with Gasteiger partial charge in [0.1, 0.15) is 11.5 Å². The van der Waals surface area contributed by atoms with Crippen LogP contribution in [0.1, 0.15) is 31.8 Å². The number of carbonyl (C=O) groups excluding carboxylic acids is 2. The van der Waals surface area contributed by atoms with Crippen molar-refractivity contribution in [2.45, 2.75) is 6.92 Å². The summed E-state index contributed by atoms with van der Waals surface area (Å²) in [4.78, 5) is 25.5. The second kappa shape index (κ2) is 7.89. The Kier molecular flexibility index (Phi) is 5.04. The number of ether oxygens (including phenoxy) is 4. The van der Waals surface area contributed by atoms with Crippen LogP contribution in [0.25, 0.3) is 6.08 Å². The minimum Gasteiger partial charge on any atom is -0.454 e. The predicted octanol–water partition coefficient (Wildman–Crippen LogP) is 5.87. The molecule has 0 aromatic heterocycles. The Hall–Kier alpha value is -3.48. The lowest BCUT2D eigenvalue weighted by molar-refractivity contribution is 0.0732. The van der Waals surface area contributed by atoms with Gasteiger partial charge in [0.15, 0.2) is 17.3 Å². The van der Waals surface area contributed by atoms with Gasteiger partial charge >= 0.3 is 5.97 Å². The van der Waals surface area contributed by atoms with E-state index in [9.17, 15) is 9.59 Å². The molecule has 3 aromatic rings. The second-order valence-electron chi connectivity index (χ2n) is 7.10. The fourth-order valence-corrected chi connectivity index (χ4v) is 3.95. The van der Waals surface area contributed by atoms with Crippen LogP contribution >= 0.6 is 23.2 Å². The fraction of sp³-hybridized carbons (Fsp3) is 0.0833. The van der Waals surface area contributed by atoms with Gasteiger partial charge in [-0.3, -0.25) is 4.79 Å². The molecule has 0 unspecified atom stereocenters. The maximum Gasteiger partial charge on any atom is 0.343 e. The first-order valence-corrected chi connectivity index (χ1v) is 10.3. The van der Waals surface area contributed by atoms with Gasteiger partial charge < -0.3 is 18.9 Å². The summed E-state index contributed by atoms with van der Waals surface area (Å²) in [6, 6.07) is 13.0. The largest absolute Gasteiger partial charge is 0.454 e. The zero-order valence-electron chi connectivity index (χ0n) is 16.6. The van der Waals surface area contributed by atoms with Gasteiger partial charge in [0, 0.05) is 21.2 Å². The zero-order valence-corrected chi connectivity index (χ0v) is 18.1. The van der Waals surface area contributed by atoms with E-state index in [0.29, 0.717) is 49.5 Å². The van der Waals surface area contributed by atoms with E-state index in [4.69, 9.17) is 42.1 Å². The van der Waals surface area contributed by atoms with Gasteiger partial charge in [-0.2, -0.15) is 0 Å². The fourth-order valence-electron chi connectivity index (χ4n) is 3.44. The van der Waals surface area contributed by atoms with Crippen molar-refractivity contribution in [2.75, 3.05) is 6.79 Å². The molecular weight excluding hydrogens is 455 g/mol. The van der Waals surface area contributed by atoms with Crippen LogP contribution in [0.2, 0.25) is 10.0 Å². The summed E-state index contributed by atoms with van der Waals surface area (Å²) < 4.78 is 21.9. The summed E-state index contributed by atoms with van der Waals surface area (Å²) >= 11 is 12.4. The summed E-state index contributed by atoms with van der Waals surface area (Å²) in [7, 11) is 0. The average Bonchev–Trinajstić information content (AvgIpc) is 3.37. The van der Waals surface area contributed by atoms with Crippen LogP contribution in [0.4, 0.5) is 0 Å². The number of carbonyl (C=O) groups is 2. The highest BCUT2D eigenvalue weighted by Crippen LogP contribution is 2.40. The number of Topliss-reactive ketones (excluding diaryl/α,β-unsaturated/α-hetero) is 1. The number of rotatable bonds is 3. The Morgan fingerprint density at radius 2 is 1.78 bits per heavy atom. The minimum absolute atomic E-state index is 0.0809. The van der Waals surface area contributed by atoms with Crippen LogP contribution in [0.5, 0.6) is 23.0 Å². The van der Waals surface area contributed by atoms with Crippen LogP contribution < -0.4 is 18.9 Å². The zero-order chi connectivity index (χ0) is 22.4. The highest BCUT2D eigenvalue weighted by molar-refractivity contribution is 6.37. The normalized spacial score (nSPS) is 15.0. The van der Waals surface area contributed by atoms with E-state index in [1.54, 1.807) is 55.5 Å². The van der Waals surface area contributed by atoms with E-state index in [2.05, 4.69) is 0 Å². The molecule has 6 nitrogen and oxygen atoms in total. The molecule has 0 bridgehead atoms. The number of halogens is 2. The first-order valence-electron chi connectivity index (χ1n) is 9.56. The molecule has 0 saturated carbocycles. The quantitative estimate of drug-likeness (QED) is 0.272. The molecule has 2 heterocycles. The highest BCUT2D eigenvalue weighted by atomic mass is 35.5. The lowest BCUT2D eigenvalue weighted by Gasteiger charge is -2.10. The van der Waals surface area contributed by atoms with Gasteiger partial charge in [-0.15, -0.1) is 0 Å². The van der Waals surface area contributed by atoms with E-state index in [1.807, 2.05) is 0 Å². The van der Waals surface area contributed by atoms with Crippen molar-refractivity contribution in [3.8, 4) is 23.0 Å². The van der Waals surface area contributed by atoms with E-state index < -0.39 is 5.97 Å². The van der Waals surface area contributed by atoms with E-state index in [0.717, 1.165) is 0 Å². The average molecular weight is 469 g/mol. The Bertz CT molecular complexity index is 1310. The minimum atomic E-state index is -0.575. The SMILES string of the molecule is Cc1c(OC(=O)c2ccc3c(c2)OCO3)ccc2c1O/C(=C\c1c(Cl)cccc1Cl)C2=O. The molecule has 32 heavy (non-hydrogen) atoms. The van der Waals surface area contributed by atoms with Crippen molar-refractivity contribution in [3.05, 3.63) is 86.6 Å². The molecule has 0 fully saturated rings. The lowest BCUT2D eigenvalue weighted by Crippen LogP contribution is -2.09. The number of hydrogen-bond donors (Lipinski definition) is 0. The van der Waals surface area contributed by atoms with Gasteiger partial charge in [0.05, 0.1) is 11.1 Å². The van der Waals surface area contributed by atoms with Crippen molar-refractivity contribution in [3.63, 3.8) is 0 Å². The molecule has 0 saturated heterocycles. The van der Waals surface area contributed by atoms with Crippen LogP contribution in [0.15, 0.2) is 54.3 Å². The molecule has 3 aromatic carbocycles. The van der Waals surface area contributed by atoms with E-state index >= 15 is 0 Å². The van der Waals surface area contributed by atoms with Crippen LogP contribution in [0.3, 0.4) is 0 Å². The summed E-state index contributed by atoms with van der Waals surface area (Å²) in [5.74, 6) is 0.836. The van der Waals surface area contributed by atoms with E-state index in [1.165, 1.54) is 6.08 Å². The molecule has 0 spiro atoms. The third-order valence-electron chi connectivity index (χ3n) is 5.12. The first kappa shape index (κ1) is 20.4. The van der Waals surface area contributed by atoms with Gasteiger partial charge in [-0.05, 0) is 55.5 Å². The third kappa shape index (κ3) is 3.47. The van der Waals surface area contributed by atoms with Crippen molar-refractivity contribution in [1.82, 2.24) is 0 Å². The topological polar surface area (TPSA) is 71.1 Å². The molecule has 160 valence electrons. The van der Waals surface area contributed by atoms with Crippen LogP contribution in [-0.4, -0.2) is 18.5 Å². The summed E-state index contributed by atoms with van der Waals surface area (Å²) in [5, 5.41) is 0.792. The molecule has 0 aliphatic carbocycles. The number of fused-ring (bicyclic) bond motifs is 2. The molecule has 0 radical (unpaired) electrons. The van der Waals surface area contributed by atoms with Gasteiger partial charge in [-0.25, -0.2) is 4.79 Å². The first-order chi connectivity index (χ1) is 15.4. The molecule has 2 aliphatic heterocycles. The molecule has 0 amide bonds. The lowest BCUT2D eigenvalue weighted by atomic mass is 10.1. The van der Waals surface area contributed by atoms with Crippen LogP contribution in [-0.2, 0) is 0 Å². The Labute approximate surface area is 192 Å². The Morgan fingerprint density at radius 1 is 1.03 bits per heavy atom. The predicted molar refractivity (Wildman–Crippen MR) is 118 cm³/mol. The molecule has 5 rings (SSSR count). The monoisotopic (exact) mass is 468 g/mol. The number of benzene rings is 3. The van der Waals surface area contributed by atoms with Gasteiger partial charge in [0.25, 0.3) is 0 Å². The smallest absolute Gasteiger partial charge is 0.343 e. The van der Waals surface area contributed by atoms with Gasteiger partial charge in [-0.1, -0.05) is 29.3 Å². The highest BCUT2D eigenvalue weighted by Gasteiger charge is 2.31. The van der Waals surface area contributed by atoms with E-state index in [-0.39, 0.29) is 24.1 Å². The molecule has 8 heteroatoms.